The van der Waals surface area contributed by atoms with Crippen LogP contribution in [0.3, 0.4) is 0 Å². The predicted molar refractivity (Wildman–Crippen MR) is 105 cm³/mol. The molecule has 1 saturated carbocycles. The Morgan fingerprint density at radius 3 is 2.54 bits per heavy atom. The Balaban J connectivity index is 2.00. The minimum absolute atomic E-state index is 0.255. The van der Waals surface area contributed by atoms with Crippen molar-refractivity contribution < 1.29 is 14.2 Å². The fraction of sp³-hybridized carbons (Fsp3) is 0.650. The third kappa shape index (κ3) is 6.09. The van der Waals surface area contributed by atoms with E-state index in [1.807, 2.05) is 32.0 Å². The van der Waals surface area contributed by atoms with Crippen LogP contribution in [0.5, 0.6) is 11.5 Å². The quantitative estimate of drug-likeness (QED) is 0.549. The number of guanidine groups is 1. The van der Waals surface area contributed by atoms with Crippen molar-refractivity contribution in [1.82, 2.24) is 10.6 Å². The van der Waals surface area contributed by atoms with E-state index >= 15 is 0 Å². The molecule has 0 amide bonds. The van der Waals surface area contributed by atoms with E-state index in [-0.39, 0.29) is 5.60 Å². The zero-order valence-electron chi connectivity index (χ0n) is 16.7. The van der Waals surface area contributed by atoms with Gasteiger partial charge in [-0.1, -0.05) is 0 Å². The number of hydrogen-bond acceptors (Lipinski definition) is 4. The summed E-state index contributed by atoms with van der Waals surface area (Å²) in [7, 11) is 5.15. The minimum atomic E-state index is -0.255. The highest BCUT2D eigenvalue weighted by Crippen LogP contribution is 2.29. The van der Waals surface area contributed by atoms with Gasteiger partial charge in [-0.2, -0.15) is 0 Å². The Morgan fingerprint density at radius 2 is 1.92 bits per heavy atom. The van der Waals surface area contributed by atoms with E-state index in [1.54, 1.807) is 21.3 Å². The van der Waals surface area contributed by atoms with Crippen LogP contribution in [0.1, 0.15) is 45.1 Å². The summed E-state index contributed by atoms with van der Waals surface area (Å²) >= 11 is 0. The molecule has 0 spiro atoms. The first-order chi connectivity index (χ1) is 12.5. The van der Waals surface area contributed by atoms with Gasteiger partial charge in [-0.3, -0.25) is 4.99 Å². The molecule has 2 rings (SSSR count). The van der Waals surface area contributed by atoms with Gasteiger partial charge in [0.25, 0.3) is 0 Å². The van der Waals surface area contributed by atoms with Crippen LogP contribution >= 0.6 is 0 Å². The Kier molecular flexibility index (Phi) is 7.57. The molecule has 1 aromatic carbocycles. The summed E-state index contributed by atoms with van der Waals surface area (Å²) in [4.78, 5) is 4.28. The Hall–Kier alpha value is -1.95. The maximum atomic E-state index is 6.25. The van der Waals surface area contributed by atoms with Crippen molar-refractivity contribution in [1.29, 1.82) is 0 Å². The molecule has 26 heavy (non-hydrogen) atoms. The summed E-state index contributed by atoms with van der Waals surface area (Å²) in [6.07, 6.45) is 5.04. The molecule has 0 atom stereocenters. The number of nitrogens with one attached hydrogen (secondary N) is 2. The second-order valence-electron chi connectivity index (χ2n) is 7.24. The SMILES string of the molecule is CN=C(NCc1ccc(OC)cc1OC1CCCC1)NCC(C)(C)OC. The van der Waals surface area contributed by atoms with Gasteiger partial charge >= 0.3 is 0 Å². The largest absolute Gasteiger partial charge is 0.497 e. The van der Waals surface area contributed by atoms with Crippen LogP contribution < -0.4 is 20.1 Å². The summed E-state index contributed by atoms with van der Waals surface area (Å²) < 4.78 is 17.0. The molecule has 1 aromatic rings. The number of hydrogen-bond donors (Lipinski definition) is 2. The smallest absolute Gasteiger partial charge is 0.191 e. The standard InChI is InChI=1S/C20H33N3O3/c1-20(2,25-5)14-23-19(21-3)22-13-15-10-11-17(24-4)12-18(15)26-16-8-6-7-9-16/h10-12,16H,6-9,13-14H2,1-5H3,(H2,21,22,23). The molecule has 0 radical (unpaired) electrons. The third-order valence-corrected chi connectivity index (χ3v) is 4.77. The lowest BCUT2D eigenvalue weighted by Crippen LogP contribution is -2.45. The maximum Gasteiger partial charge on any atom is 0.191 e. The van der Waals surface area contributed by atoms with Gasteiger partial charge in [-0.25, -0.2) is 0 Å². The van der Waals surface area contributed by atoms with Gasteiger partial charge < -0.3 is 24.8 Å². The van der Waals surface area contributed by atoms with Crippen molar-refractivity contribution >= 4 is 5.96 Å². The van der Waals surface area contributed by atoms with Crippen LogP contribution in [0.4, 0.5) is 0 Å². The number of methoxy groups -OCH3 is 2. The molecule has 0 aliphatic heterocycles. The molecule has 0 saturated heterocycles. The van der Waals surface area contributed by atoms with Gasteiger partial charge in [0.15, 0.2) is 5.96 Å². The third-order valence-electron chi connectivity index (χ3n) is 4.77. The highest BCUT2D eigenvalue weighted by Gasteiger charge is 2.19. The van der Waals surface area contributed by atoms with Gasteiger partial charge in [0.1, 0.15) is 11.5 Å². The predicted octanol–water partition coefficient (Wildman–Crippen LogP) is 3.11. The van der Waals surface area contributed by atoms with E-state index in [2.05, 4.69) is 15.6 Å². The van der Waals surface area contributed by atoms with Crippen molar-refractivity contribution in [2.45, 2.75) is 57.8 Å². The van der Waals surface area contributed by atoms with Crippen molar-refractivity contribution in [3.63, 3.8) is 0 Å². The first-order valence-electron chi connectivity index (χ1n) is 9.30. The lowest BCUT2D eigenvalue weighted by molar-refractivity contribution is 0.0268. The number of benzene rings is 1. The highest BCUT2D eigenvalue weighted by atomic mass is 16.5. The van der Waals surface area contributed by atoms with Gasteiger partial charge in [-0.15, -0.1) is 0 Å². The molecule has 6 nitrogen and oxygen atoms in total. The van der Waals surface area contributed by atoms with Crippen molar-refractivity contribution in [3.8, 4) is 11.5 Å². The number of nitrogens with zero attached hydrogens (tertiary/aromatic N) is 1. The van der Waals surface area contributed by atoms with Crippen LogP contribution in [-0.4, -0.2) is 45.5 Å². The Bertz CT molecular complexity index is 596. The van der Waals surface area contributed by atoms with Gasteiger partial charge in [-0.05, 0) is 51.7 Å². The Morgan fingerprint density at radius 1 is 1.19 bits per heavy atom. The first kappa shape index (κ1) is 20.4. The fourth-order valence-corrected chi connectivity index (χ4v) is 2.87. The second-order valence-corrected chi connectivity index (χ2v) is 7.24. The van der Waals surface area contributed by atoms with Gasteiger partial charge in [0.05, 0.1) is 18.8 Å². The van der Waals surface area contributed by atoms with Gasteiger partial charge in [0, 0.05) is 38.9 Å². The molecular formula is C20H33N3O3. The molecule has 146 valence electrons. The van der Waals surface area contributed by atoms with Crippen LogP contribution in [0.25, 0.3) is 0 Å². The summed E-state index contributed by atoms with van der Waals surface area (Å²) in [6.45, 7) is 5.35. The van der Waals surface area contributed by atoms with E-state index < -0.39 is 0 Å². The van der Waals surface area contributed by atoms with Crippen LogP contribution in [-0.2, 0) is 11.3 Å². The Labute approximate surface area is 157 Å². The van der Waals surface area contributed by atoms with E-state index in [0.717, 1.165) is 35.9 Å². The molecule has 1 aliphatic rings. The lowest BCUT2D eigenvalue weighted by atomic mass is 10.1. The van der Waals surface area contributed by atoms with E-state index in [4.69, 9.17) is 14.2 Å². The molecule has 0 bridgehead atoms. The topological polar surface area (TPSA) is 64.1 Å². The van der Waals surface area contributed by atoms with Crippen molar-refractivity contribution in [2.75, 3.05) is 27.8 Å². The van der Waals surface area contributed by atoms with E-state index in [0.29, 0.717) is 19.2 Å². The summed E-state index contributed by atoms with van der Waals surface area (Å²) in [6, 6.07) is 5.98. The number of aliphatic imine (C=N–C) groups is 1. The molecule has 1 aliphatic carbocycles. The molecule has 1 fully saturated rings. The molecule has 2 N–H and O–H groups in total. The zero-order valence-corrected chi connectivity index (χ0v) is 16.7. The lowest BCUT2D eigenvalue weighted by Gasteiger charge is -2.24. The number of rotatable bonds is 8. The molecular weight excluding hydrogens is 330 g/mol. The van der Waals surface area contributed by atoms with Crippen molar-refractivity contribution in [3.05, 3.63) is 23.8 Å². The molecule has 6 heteroatoms. The first-order valence-corrected chi connectivity index (χ1v) is 9.30. The maximum absolute atomic E-state index is 6.25. The molecule has 0 heterocycles. The highest BCUT2D eigenvalue weighted by molar-refractivity contribution is 5.79. The zero-order chi connectivity index (χ0) is 19.0. The van der Waals surface area contributed by atoms with Crippen LogP contribution in [0.2, 0.25) is 0 Å². The van der Waals surface area contributed by atoms with E-state index in [1.165, 1.54) is 12.8 Å². The minimum Gasteiger partial charge on any atom is -0.497 e. The summed E-state index contributed by atoms with van der Waals surface area (Å²) in [5, 5.41) is 6.64. The average molecular weight is 364 g/mol. The fourth-order valence-electron chi connectivity index (χ4n) is 2.87. The normalized spacial score (nSPS) is 15.8. The van der Waals surface area contributed by atoms with E-state index in [9.17, 15) is 0 Å². The summed E-state index contributed by atoms with van der Waals surface area (Å²) in [5.74, 6) is 2.43. The molecule has 0 unspecified atom stereocenters. The monoisotopic (exact) mass is 363 g/mol. The average Bonchev–Trinajstić information content (AvgIpc) is 3.15. The van der Waals surface area contributed by atoms with Crippen molar-refractivity contribution in [2.24, 2.45) is 4.99 Å². The van der Waals surface area contributed by atoms with Gasteiger partial charge in [0.2, 0.25) is 0 Å². The van der Waals surface area contributed by atoms with Crippen LogP contribution in [0, 0.1) is 0 Å². The second kappa shape index (κ2) is 9.67. The van der Waals surface area contributed by atoms with Crippen LogP contribution in [0.15, 0.2) is 23.2 Å². The molecule has 0 aromatic heterocycles. The number of ether oxygens (including phenoxy) is 3. The summed E-state index contributed by atoms with van der Waals surface area (Å²) in [5.41, 5.74) is 0.834.